The first-order valence-electron chi connectivity index (χ1n) is 8.80. The van der Waals surface area contributed by atoms with E-state index in [0.29, 0.717) is 16.1 Å². The van der Waals surface area contributed by atoms with Gasteiger partial charge in [0.25, 0.3) is 11.8 Å². The monoisotopic (exact) mass is 458 g/mol. The molecule has 0 bridgehead atoms. The molecule has 150 valence electrons. The third-order valence-electron chi connectivity index (χ3n) is 4.51. The van der Waals surface area contributed by atoms with E-state index >= 15 is 0 Å². The van der Waals surface area contributed by atoms with Crippen molar-refractivity contribution in [1.29, 1.82) is 0 Å². The number of aromatic hydroxyl groups is 1. The number of urea groups is 1. The number of anilines is 1. The lowest BCUT2D eigenvalue weighted by atomic mass is 10.0. The molecule has 2 N–H and O–H groups in total. The fraction of sp³-hybridized carbons (Fsp3) is 0.190. The van der Waals surface area contributed by atoms with Crippen LogP contribution in [0.2, 0.25) is 0 Å². The topological polar surface area (TPSA) is 95.9 Å². The zero-order valence-corrected chi connectivity index (χ0v) is 17.6. The molecule has 0 atom stereocenters. The normalized spacial score (nSPS) is 15.8. The summed E-state index contributed by atoms with van der Waals surface area (Å²) in [6, 6.07) is 9.21. The van der Waals surface area contributed by atoms with Crippen LogP contribution in [-0.2, 0) is 9.59 Å². The first-order chi connectivity index (χ1) is 13.7. The summed E-state index contributed by atoms with van der Waals surface area (Å²) in [7, 11) is 1.39. The smallest absolute Gasteiger partial charge is 0.335 e. The molecule has 1 aliphatic rings. The van der Waals surface area contributed by atoms with Crippen LogP contribution in [-0.4, -0.2) is 30.1 Å². The number of rotatable bonds is 4. The second kappa shape index (κ2) is 8.08. The van der Waals surface area contributed by atoms with Crippen LogP contribution in [0.25, 0.3) is 6.08 Å². The summed E-state index contributed by atoms with van der Waals surface area (Å²) in [6.07, 6.45) is 1.22. The second-order valence-electron chi connectivity index (χ2n) is 6.75. The van der Waals surface area contributed by atoms with Crippen molar-refractivity contribution in [2.24, 2.45) is 0 Å². The number of hydrogen-bond donors (Lipinski definition) is 2. The van der Waals surface area contributed by atoms with Crippen molar-refractivity contribution in [3.05, 3.63) is 57.6 Å². The largest absolute Gasteiger partial charge is 0.504 e. The van der Waals surface area contributed by atoms with Crippen molar-refractivity contribution in [3.63, 3.8) is 0 Å². The van der Waals surface area contributed by atoms with Crippen LogP contribution < -0.4 is 15.0 Å². The molecular formula is C21H19BrN2O5. The highest BCUT2D eigenvalue weighted by molar-refractivity contribution is 9.10. The number of halogens is 1. The van der Waals surface area contributed by atoms with Gasteiger partial charge in [0, 0.05) is 10.0 Å². The predicted molar refractivity (Wildman–Crippen MR) is 112 cm³/mol. The van der Waals surface area contributed by atoms with Gasteiger partial charge < -0.3 is 9.84 Å². The van der Waals surface area contributed by atoms with Crippen molar-refractivity contribution in [2.75, 3.05) is 12.0 Å². The number of amides is 4. The lowest BCUT2D eigenvalue weighted by Gasteiger charge is -2.26. The molecule has 29 heavy (non-hydrogen) atoms. The van der Waals surface area contributed by atoms with Crippen LogP contribution in [0, 0.1) is 0 Å². The average molecular weight is 459 g/mol. The molecule has 3 rings (SSSR count). The van der Waals surface area contributed by atoms with E-state index in [1.54, 1.807) is 18.2 Å². The number of ether oxygens (including phenoxy) is 1. The Morgan fingerprint density at radius 2 is 1.79 bits per heavy atom. The van der Waals surface area contributed by atoms with Gasteiger partial charge in [0.2, 0.25) is 0 Å². The Balaban J connectivity index is 2.04. The average Bonchev–Trinajstić information content (AvgIpc) is 2.67. The Bertz CT molecular complexity index is 1030. The predicted octanol–water partition coefficient (Wildman–Crippen LogP) is 3.95. The number of nitrogens with zero attached hydrogens (tertiary/aromatic N) is 1. The lowest BCUT2D eigenvalue weighted by molar-refractivity contribution is -0.122. The minimum Gasteiger partial charge on any atom is -0.504 e. The van der Waals surface area contributed by atoms with E-state index in [9.17, 15) is 19.5 Å². The summed E-state index contributed by atoms with van der Waals surface area (Å²) in [6.45, 7) is 4.07. The number of barbiturate groups is 1. The van der Waals surface area contributed by atoms with Gasteiger partial charge in [0.15, 0.2) is 11.5 Å². The molecule has 0 aliphatic carbocycles. The minimum absolute atomic E-state index is 0.173. The van der Waals surface area contributed by atoms with Crippen LogP contribution >= 0.6 is 15.9 Å². The van der Waals surface area contributed by atoms with Gasteiger partial charge in [-0.25, -0.2) is 9.69 Å². The van der Waals surface area contributed by atoms with Gasteiger partial charge in [0.05, 0.1) is 12.8 Å². The summed E-state index contributed by atoms with van der Waals surface area (Å²) in [4.78, 5) is 38.5. The van der Waals surface area contributed by atoms with E-state index < -0.39 is 17.8 Å². The zero-order chi connectivity index (χ0) is 21.3. The highest BCUT2D eigenvalue weighted by Gasteiger charge is 2.37. The van der Waals surface area contributed by atoms with Gasteiger partial charge in [-0.15, -0.1) is 0 Å². The quantitative estimate of drug-likeness (QED) is 0.533. The van der Waals surface area contributed by atoms with Crippen LogP contribution in [0.5, 0.6) is 11.5 Å². The SMILES string of the molecule is COc1cc(Br)cc(/C=C2\C(=O)NC(=O)N(c3ccc(C(C)C)cc3)C2=O)c1O. The highest BCUT2D eigenvalue weighted by atomic mass is 79.9. The Labute approximate surface area is 176 Å². The summed E-state index contributed by atoms with van der Waals surface area (Å²) in [5, 5.41) is 12.5. The van der Waals surface area contributed by atoms with Crippen molar-refractivity contribution < 1.29 is 24.2 Å². The first kappa shape index (κ1) is 20.6. The molecule has 0 unspecified atom stereocenters. The molecule has 1 saturated heterocycles. The fourth-order valence-electron chi connectivity index (χ4n) is 2.92. The van der Waals surface area contributed by atoms with Crippen molar-refractivity contribution in [1.82, 2.24) is 5.32 Å². The summed E-state index contributed by atoms with van der Waals surface area (Å²) >= 11 is 3.29. The van der Waals surface area contributed by atoms with E-state index in [0.717, 1.165) is 10.5 Å². The Morgan fingerprint density at radius 1 is 1.14 bits per heavy atom. The van der Waals surface area contributed by atoms with Crippen LogP contribution in [0.15, 0.2) is 46.4 Å². The van der Waals surface area contributed by atoms with Gasteiger partial charge in [-0.05, 0) is 41.8 Å². The molecule has 1 aliphatic heterocycles. The fourth-order valence-corrected chi connectivity index (χ4v) is 3.37. The van der Waals surface area contributed by atoms with Gasteiger partial charge in [0.1, 0.15) is 5.57 Å². The second-order valence-corrected chi connectivity index (χ2v) is 7.67. The molecule has 1 fully saturated rings. The number of hydrogen-bond acceptors (Lipinski definition) is 5. The van der Waals surface area contributed by atoms with Gasteiger partial charge in [-0.1, -0.05) is 41.9 Å². The molecule has 4 amide bonds. The van der Waals surface area contributed by atoms with Gasteiger partial charge in [-0.3, -0.25) is 14.9 Å². The summed E-state index contributed by atoms with van der Waals surface area (Å²) in [5.74, 6) is -1.38. The van der Waals surface area contributed by atoms with Crippen LogP contribution in [0.1, 0.15) is 30.9 Å². The number of carbonyl (C=O) groups is 3. The molecule has 2 aromatic rings. The maximum atomic E-state index is 13.0. The van der Waals surface area contributed by atoms with E-state index in [2.05, 4.69) is 21.2 Å². The molecule has 0 saturated carbocycles. The Hall–Kier alpha value is -3.13. The molecule has 0 spiro atoms. The Kier molecular flexibility index (Phi) is 5.74. The van der Waals surface area contributed by atoms with Crippen molar-refractivity contribution in [2.45, 2.75) is 19.8 Å². The number of phenols is 1. The number of imide groups is 2. The zero-order valence-electron chi connectivity index (χ0n) is 16.0. The summed E-state index contributed by atoms with van der Waals surface area (Å²) < 4.78 is 5.67. The molecule has 0 radical (unpaired) electrons. The first-order valence-corrected chi connectivity index (χ1v) is 9.60. The lowest BCUT2D eigenvalue weighted by Crippen LogP contribution is -2.54. The number of benzene rings is 2. The maximum absolute atomic E-state index is 13.0. The Morgan fingerprint density at radius 3 is 2.38 bits per heavy atom. The molecule has 0 aromatic heterocycles. The molecule has 2 aromatic carbocycles. The molecular weight excluding hydrogens is 440 g/mol. The molecule has 8 heteroatoms. The number of carbonyl (C=O) groups excluding carboxylic acids is 3. The highest BCUT2D eigenvalue weighted by Crippen LogP contribution is 2.35. The third kappa shape index (κ3) is 4.02. The van der Waals surface area contributed by atoms with E-state index in [1.165, 1.54) is 19.3 Å². The number of methoxy groups -OCH3 is 1. The molecule has 7 nitrogen and oxygen atoms in total. The number of phenolic OH excluding ortho intramolecular Hbond substituents is 1. The van der Waals surface area contributed by atoms with Crippen molar-refractivity contribution in [3.8, 4) is 11.5 Å². The van der Waals surface area contributed by atoms with E-state index in [4.69, 9.17) is 4.74 Å². The minimum atomic E-state index is -0.839. The van der Waals surface area contributed by atoms with E-state index in [1.807, 2.05) is 26.0 Å². The number of nitrogens with one attached hydrogen (secondary N) is 1. The third-order valence-corrected chi connectivity index (χ3v) is 4.97. The maximum Gasteiger partial charge on any atom is 0.335 e. The van der Waals surface area contributed by atoms with E-state index in [-0.39, 0.29) is 22.6 Å². The van der Waals surface area contributed by atoms with Gasteiger partial charge >= 0.3 is 6.03 Å². The summed E-state index contributed by atoms with van der Waals surface area (Å²) in [5.41, 5.74) is 1.30. The van der Waals surface area contributed by atoms with Crippen LogP contribution in [0.4, 0.5) is 10.5 Å². The standard InChI is InChI=1S/C21H19BrN2O5/c1-11(2)12-4-6-15(7-5-12)24-20(27)16(19(26)23-21(24)28)9-13-8-14(22)10-17(29-3)18(13)25/h4-11,25H,1-3H3,(H,23,26,28)/b16-9+. The molecule has 1 heterocycles. The van der Waals surface area contributed by atoms with Crippen LogP contribution in [0.3, 0.4) is 0 Å². The van der Waals surface area contributed by atoms with Gasteiger partial charge in [-0.2, -0.15) is 0 Å². The van der Waals surface area contributed by atoms with Crippen molar-refractivity contribution >= 4 is 45.5 Å².